The number of nitrogens with zero attached hydrogens (tertiary/aromatic N) is 3. The van der Waals surface area contributed by atoms with Crippen molar-refractivity contribution >= 4 is 17.4 Å². The number of amides is 1. The number of carbonyl (C=O) groups excluding carboxylic acids is 1. The average molecular weight is 370 g/mol. The van der Waals surface area contributed by atoms with Crippen molar-refractivity contribution in [1.29, 1.82) is 0 Å². The number of hydrogen-bond donors (Lipinski definition) is 1. The van der Waals surface area contributed by atoms with Crippen LogP contribution < -0.4 is 5.32 Å². The van der Waals surface area contributed by atoms with E-state index in [1.165, 1.54) is 11.0 Å². The molecule has 1 aliphatic heterocycles. The van der Waals surface area contributed by atoms with Crippen LogP contribution in [0.4, 0.5) is 11.5 Å². The number of carbonyl (C=O) groups is 1. The molecule has 1 atom stereocenters. The van der Waals surface area contributed by atoms with Crippen LogP contribution in [0.5, 0.6) is 0 Å². The summed E-state index contributed by atoms with van der Waals surface area (Å²) in [5, 5.41) is 14.6. The lowest BCUT2D eigenvalue weighted by molar-refractivity contribution is -0.384. The van der Waals surface area contributed by atoms with E-state index in [-0.39, 0.29) is 17.4 Å². The van der Waals surface area contributed by atoms with Gasteiger partial charge in [-0.3, -0.25) is 14.9 Å². The number of nitro groups is 1. The van der Waals surface area contributed by atoms with Gasteiger partial charge in [0.1, 0.15) is 0 Å². The molecule has 1 aromatic heterocycles. The summed E-state index contributed by atoms with van der Waals surface area (Å²) in [5.41, 5.74) is 1.47. The summed E-state index contributed by atoms with van der Waals surface area (Å²) < 4.78 is 5.41. The van der Waals surface area contributed by atoms with Gasteiger partial charge in [0.25, 0.3) is 5.91 Å². The molecule has 2 heterocycles. The van der Waals surface area contributed by atoms with Gasteiger partial charge in [0.2, 0.25) is 5.82 Å². The van der Waals surface area contributed by atoms with Gasteiger partial charge in [-0.1, -0.05) is 12.1 Å². The minimum absolute atomic E-state index is 0.0775. The fourth-order valence-electron chi connectivity index (χ4n) is 2.95. The van der Waals surface area contributed by atoms with Gasteiger partial charge in [0.15, 0.2) is 0 Å². The van der Waals surface area contributed by atoms with Gasteiger partial charge in [0.05, 0.1) is 22.8 Å². The largest absolute Gasteiger partial charge is 0.379 e. The third-order valence-corrected chi connectivity index (χ3v) is 4.54. The quantitative estimate of drug-likeness (QED) is 0.642. The molecule has 3 rings (SSSR count). The molecule has 8 nitrogen and oxygen atoms in total. The second-order valence-corrected chi connectivity index (χ2v) is 7.09. The highest BCUT2D eigenvalue weighted by Gasteiger charge is 2.32. The Kier molecular flexibility index (Phi) is 5.09. The molecule has 1 aliphatic rings. The first-order valence-electron chi connectivity index (χ1n) is 8.62. The Morgan fingerprint density at radius 2 is 1.96 bits per heavy atom. The third-order valence-electron chi connectivity index (χ3n) is 4.54. The summed E-state index contributed by atoms with van der Waals surface area (Å²) in [6.07, 6.45) is 0.747. The van der Waals surface area contributed by atoms with Gasteiger partial charge in [0, 0.05) is 37.9 Å². The zero-order valence-corrected chi connectivity index (χ0v) is 15.6. The number of aromatic nitrogens is 1. The fourth-order valence-corrected chi connectivity index (χ4v) is 2.95. The summed E-state index contributed by atoms with van der Waals surface area (Å²) in [6.45, 7) is 3.04. The summed E-state index contributed by atoms with van der Waals surface area (Å²) in [5.74, 6) is 0.133. The third kappa shape index (κ3) is 4.06. The SMILES string of the molecule is CN(C)C(=O)c1ccc(-c2ccc([N+](=O)[O-])c(NC3(C)CCOC3)n2)cc1. The molecule has 8 heteroatoms. The summed E-state index contributed by atoms with van der Waals surface area (Å²) in [7, 11) is 3.39. The first kappa shape index (κ1) is 18.8. The monoisotopic (exact) mass is 370 g/mol. The predicted molar refractivity (Wildman–Crippen MR) is 102 cm³/mol. The Hall–Kier alpha value is -3.00. The highest BCUT2D eigenvalue weighted by atomic mass is 16.6. The van der Waals surface area contributed by atoms with E-state index >= 15 is 0 Å². The van der Waals surface area contributed by atoms with Crippen molar-refractivity contribution in [2.75, 3.05) is 32.6 Å². The molecule has 142 valence electrons. The molecule has 1 unspecified atom stereocenters. The molecule has 0 saturated carbocycles. The smallest absolute Gasteiger partial charge is 0.311 e. The number of pyridine rings is 1. The van der Waals surface area contributed by atoms with Crippen molar-refractivity contribution in [3.05, 3.63) is 52.1 Å². The van der Waals surface area contributed by atoms with Gasteiger partial charge in [-0.15, -0.1) is 0 Å². The van der Waals surface area contributed by atoms with Crippen molar-refractivity contribution in [2.24, 2.45) is 0 Å². The number of hydrogen-bond acceptors (Lipinski definition) is 6. The Morgan fingerprint density at radius 1 is 1.26 bits per heavy atom. The maximum absolute atomic E-state index is 12.0. The Labute approximate surface area is 157 Å². The maximum atomic E-state index is 12.0. The van der Waals surface area contributed by atoms with Gasteiger partial charge in [-0.05, 0) is 31.5 Å². The molecule has 0 bridgehead atoms. The summed E-state index contributed by atoms with van der Waals surface area (Å²) in [4.78, 5) is 28.9. The lowest BCUT2D eigenvalue weighted by Gasteiger charge is -2.24. The van der Waals surface area contributed by atoms with E-state index in [2.05, 4.69) is 10.3 Å². The van der Waals surface area contributed by atoms with Crippen molar-refractivity contribution in [3.63, 3.8) is 0 Å². The lowest BCUT2D eigenvalue weighted by atomic mass is 10.0. The topological polar surface area (TPSA) is 97.6 Å². The zero-order chi connectivity index (χ0) is 19.6. The Balaban J connectivity index is 1.93. The van der Waals surface area contributed by atoms with Crippen LogP contribution in [0.2, 0.25) is 0 Å². The van der Waals surface area contributed by atoms with Crippen LogP contribution in [-0.4, -0.2) is 53.6 Å². The molecular weight excluding hydrogens is 348 g/mol. The van der Waals surface area contributed by atoms with E-state index in [0.29, 0.717) is 24.5 Å². The predicted octanol–water partition coefficient (Wildman–Crippen LogP) is 2.95. The number of ether oxygens (including phenoxy) is 1. The molecule has 0 spiro atoms. The first-order chi connectivity index (χ1) is 12.8. The highest BCUT2D eigenvalue weighted by molar-refractivity contribution is 5.94. The molecule has 1 aromatic carbocycles. The van der Waals surface area contributed by atoms with Crippen LogP contribution >= 0.6 is 0 Å². The van der Waals surface area contributed by atoms with E-state index in [9.17, 15) is 14.9 Å². The number of rotatable bonds is 5. The van der Waals surface area contributed by atoms with E-state index in [4.69, 9.17) is 4.74 Å². The second kappa shape index (κ2) is 7.32. The van der Waals surface area contributed by atoms with E-state index in [0.717, 1.165) is 12.0 Å². The van der Waals surface area contributed by atoms with Crippen LogP contribution in [0.25, 0.3) is 11.3 Å². The summed E-state index contributed by atoms with van der Waals surface area (Å²) >= 11 is 0. The summed E-state index contributed by atoms with van der Waals surface area (Å²) in [6, 6.07) is 10.1. The van der Waals surface area contributed by atoms with E-state index < -0.39 is 10.5 Å². The standard InChI is InChI=1S/C19H22N4O4/c1-19(10-11-27-12-19)21-17-16(23(25)26)9-8-15(20-17)13-4-6-14(7-5-13)18(24)22(2)3/h4-9H,10-12H2,1-3H3,(H,20,21). The molecule has 0 aliphatic carbocycles. The van der Waals surface area contributed by atoms with Crippen molar-refractivity contribution in [1.82, 2.24) is 9.88 Å². The first-order valence-corrected chi connectivity index (χ1v) is 8.62. The average Bonchev–Trinajstić information content (AvgIpc) is 3.07. The molecule has 1 fully saturated rings. The fraction of sp³-hybridized carbons (Fsp3) is 0.368. The van der Waals surface area contributed by atoms with Gasteiger partial charge < -0.3 is 15.0 Å². The normalized spacial score (nSPS) is 18.9. The zero-order valence-electron chi connectivity index (χ0n) is 15.6. The van der Waals surface area contributed by atoms with Crippen molar-refractivity contribution in [3.8, 4) is 11.3 Å². The number of nitrogens with one attached hydrogen (secondary N) is 1. The molecule has 0 radical (unpaired) electrons. The molecule has 27 heavy (non-hydrogen) atoms. The number of anilines is 1. The van der Waals surface area contributed by atoms with Gasteiger partial charge in [-0.2, -0.15) is 0 Å². The van der Waals surface area contributed by atoms with Crippen LogP contribution in [0.1, 0.15) is 23.7 Å². The van der Waals surface area contributed by atoms with Crippen LogP contribution in [0.3, 0.4) is 0 Å². The van der Waals surface area contributed by atoms with Crippen LogP contribution in [0, 0.1) is 10.1 Å². The maximum Gasteiger partial charge on any atom is 0.311 e. The Morgan fingerprint density at radius 3 is 2.52 bits per heavy atom. The Bertz CT molecular complexity index is 859. The minimum atomic E-state index is -0.447. The van der Waals surface area contributed by atoms with Crippen molar-refractivity contribution < 1.29 is 14.5 Å². The molecular formula is C19H22N4O4. The molecule has 1 N–H and O–H groups in total. The van der Waals surface area contributed by atoms with Crippen molar-refractivity contribution in [2.45, 2.75) is 18.9 Å². The lowest BCUT2D eigenvalue weighted by Crippen LogP contribution is -2.35. The number of benzene rings is 1. The van der Waals surface area contributed by atoms with E-state index in [1.54, 1.807) is 44.4 Å². The van der Waals surface area contributed by atoms with Crippen LogP contribution in [0.15, 0.2) is 36.4 Å². The highest BCUT2D eigenvalue weighted by Crippen LogP contribution is 2.31. The van der Waals surface area contributed by atoms with Gasteiger partial charge in [-0.25, -0.2) is 4.98 Å². The molecule has 1 saturated heterocycles. The molecule has 1 amide bonds. The minimum Gasteiger partial charge on any atom is -0.379 e. The van der Waals surface area contributed by atoms with E-state index in [1.807, 2.05) is 6.92 Å². The second-order valence-electron chi connectivity index (χ2n) is 7.09. The van der Waals surface area contributed by atoms with Gasteiger partial charge >= 0.3 is 5.69 Å². The van der Waals surface area contributed by atoms with Crippen LogP contribution in [-0.2, 0) is 4.74 Å². The molecule has 2 aromatic rings.